The molecule has 2 saturated carbocycles. The Kier molecular flexibility index (Phi) is 18.7. The average molecular weight is 953 g/mol. The summed E-state index contributed by atoms with van der Waals surface area (Å²) in [6.07, 6.45) is -29.9. The van der Waals surface area contributed by atoms with E-state index >= 15 is 0 Å². The molecule has 0 bridgehead atoms. The highest BCUT2D eigenvalue weighted by Crippen LogP contribution is 2.53. The van der Waals surface area contributed by atoms with Crippen LogP contribution < -0.4 is 10.6 Å². The van der Waals surface area contributed by atoms with Crippen molar-refractivity contribution in [3.05, 3.63) is 0 Å². The molecule has 0 unspecified atom stereocenters. The molecule has 0 aromatic carbocycles. The van der Waals surface area contributed by atoms with Gasteiger partial charge in [-0.1, -0.05) is 0 Å². The largest absolute Gasteiger partial charge is 0.567 e. The third-order valence-corrected chi connectivity index (χ3v) is 10.1. The average Bonchev–Trinajstić information content (AvgIpc) is 2.97. The minimum atomic E-state index is -5.68. The fourth-order valence-corrected chi connectivity index (χ4v) is 8.54. The van der Waals surface area contributed by atoms with Gasteiger partial charge in [0.25, 0.3) is 0 Å². The van der Waals surface area contributed by atoms with E-state index in [4.69, 9.17) is 19.3 Å². The van der Waals surface area contributed by atoms with Gasteiger partial charge in [-0.3, -0.25) is 22.6 Å². The number of hydrogen-bond acceptors (Lipinski definition) is 21. The van der Waals surface area contributed by atoms with Crippen molar-refractivity contribution < 1.29 is 148 Å². The van der Waals surface area contributed by atoms with Gasteiger partial charge in [-0.05, 0) is 0 Å². The lowest BCUT2D eigenvalue weighted by Crippen LogP contribution is -2.66. The lowest BCUT2D eigenvalue weighted by atomic mass is 9.85. The Morgan fingerprint density at radius 2 is 0.679 bits per heavy atom. The van der Waals surface area contributed by atoms with Gasteiger partial charge >= 0.3 is 53.3 Å². The zero-order valence-electron chi connectivity index (χ0n) is 27.3. The predicted molar refractivity (Wildman–Crippen MR) is 168 cm³/mol. The first-order valence-corrected chi connectivity index (χ1v) is 23.7. The second-order valence-corrected chi connectivity index (χ2v) is 18.4. The summed E-state index contributed by atoms with van der Waals surface area (Å²) in [5.41, 5.74) is 0. The molecule has 2 amide bonds. The van der Waals surface area contributed by atoms with Crippen LogP contribution in [0.15, 0.2) is 0 Å². The fraction of sp³-hybridized carbons (Fsp3) is 0.941. The van der Waals surface area contributed by atoms with Gasteiger partial charge in [0, 0.05) is 13.1 Å². The molecule has 0 saturated heterocycles. The second-order valence-electron chi connectivity index (χ2n) is 11.2. The van der Waals surface area contributed by atoms with Crippen molar-refractivity contribution in [1.29, 1.82) is 0 Å². The monoisotopic (exact) mass is 953 g/mol. The number of hydrogen-bond donors (Lipinski definition) is 19. The first-order valence-electron chi connectivity index (χ1n) is 14.5. The summed E-state index contributed by atoms with van der Waals surface area (Å²) in [6.45, 7) is -2.84. The van der Waals surface area contributed by atoms with Gasteiger partial charge in [-0.15, -0.1) is 4.52 Å². The maximum Gasteiger partial charge on any atom is 0.567 e. The molecule has 0 heterocycles. The van der Waals surface area contributed by atoms with Crippen molar-refractivity contribution >= 4 is 53.3 Å². The summed E-state index contributed by atoms with van der Waals surface area (Å²) < 4.78 is 93.8. The number of carbonyl (C=O) groups excluding carboxylic acids is 1. The van der Waals surface area contributed by atoms with E-state index in [1.165, 1.54) is 0 Å². The van der Waals surface area contributed by atoms with Crippen molar-refractivity contribution in [2.45, 2.75) is 73.2 Å². The molecule has 0 aliphatic heterocycles. The molecule has 2 aliphatic rings. The number of amides is 2. The number of carbonyl (C=O) groups is 1. The first kappa shape index (κ1) is 52.0. The summed E-state index contributed by atoms with van der Waals surface area (Å²) in [6, 6.07) is -1.13. The van der Waals surface area contributed by atoms with Gasteiger partial charge in [-0.25, -0.2) is 27.6 Å². The zero-order valence-corrected chi connectivity index (χ0v) is 32.6. The highest BCUT2D eigenvalue weighted by molar-refractivity contribution is 7.53. The van der Waals surface area contributed by atoms with E-state index in [0.29, 0.717) is 0 Å². The highest BCUT2D eigenvalue weighted by atomic mass is 31.2. The number of ether oxygens (including phenoxy) is 2. The SMILES string of the molecule is O=C(NCCO[C@@H]1[C@H](O)[C@@H](OP(=O)(O)O)[C@H](OP(=O)(O)O)[C@@H](O)[C@@H]1OP(=O)(O)O)NCCO[C@@H]1[C@H](O)[C@@H](OP(=O)(O)O)[C@H](O[P+](O)(O)O)[C@@H](O)[C@@H]1OP(=O)(O)O. The van der Waals surface area contributed by atoms with Gasteiger partial charge in [0.15, 0.2) is 6.10 Å². The molecule has 0 aromatic rings. The molecule has 332 valence electrons. The minimum Gasteiger partial charge on any atom is -0.387 e. The van der Waals surface area contributed by atoms with E-state index in [9.17, 15) is 102 Å². The van der Waals surface area contributed by atoms with Gasteiger partial charge in [-0.2, -0.15) is 14.7 Å². The quantitative estimate of drug-likeness (QED) is 0.0398. The van der Waals surface area contributed by atoms with Gasteiger partial charge < -0.3 is 89.5 Å². The van der Waals surface area contributed by atoms with Crippen LogP contribution in [0.3, 0.4) is 0 Å². The van der Waals surface area contributed by atoms with Crippen LogP contribution in [-0.4, -0.2) is 190 Å². The van der Waals surface area contributed by atoms with Crippen LogP contribution in [0.25, 0.3) is 0 Å². The highest BCUT2D eigenvalue weighted by Gasteiger charge is 2.60. The number of aliphatic hydroxyl groups excluding tert-OH is 4. The molecular formula is C17H39N2O31P6+. The Bertz CT molecular complexity index is 1540. The van der Waals surface area contributed by atoms with Gasteiger partial charge in [0.2, 0.25) is 0 Å². The van der Waals surface area contributed by atoms with E-state index in [2.05, 4.69) is 37.8 Å². The summed E-state index contributed by atoms with van der Waals surface area (Å²) in [5.74, 6) is 0. The summed E-state index contributed by atoms with van der Waals surface area (Å²) in [5, 5.41) is 46.8. The molecule has 0 aromatic heterocycles. The Balaban J connectivity index is 2.11. The van der Waals surface area contributed by atoms with E-state index in [-0.39, 0.29) is 0 Å². The number of aliphatic hydroxyl groups is 4. The Morgan fingerprint density at radius 3 is 0.946 bits per heavy atom. The van der Waals surface area contributed by atoms with Crippen molar-refractivity contribution in [3.63, 3.8) is 0 Å². The van der Waals surface area contributed by atoms with E-state index in [0.717, 1.165) is 0 Å². The molecule has 19 N–H and O–H groups in total. The van der Waals surface area contributed by atoms with E-state index < -0.39 is 153 Å². The van der Waals surface area contributed by atoms with Crippen molar-refractivity contribution in [1.82, 2.24) is 10.6 Å². The topological polar surface area (TPSA) is 544 Å². The van der Waals surface area contributed by atoms with Crippen LogP contribution in [-0.2, 0) is 59.4 Å². The molecule has 0 spiro atoms. The fourth-order valence-electron chi connectivity index (χ4n) is 5.16. The molecule has 0 radical (unpaired) electrons. The number of phosphoric acid groups is 5. The van der Waals surface area contributed by atoms with E-state index in [1.807, 2.05) is 0 Å². The summed E-state index contributed by atoms with van der Waals surface area (Å²) in [7, 11) is -33.7. The zero-order chi connectivity index (χ0) is 43.4. The molecular weight excluding hydrogens is 914 g/mol. The van der Waals surface area contributed by atoms with Crippen LogP contribution in [0.1, 0.15) is 0 Å². The summed E-state index contributed by atoms with van der Waals surface area (Å²) >= 11 is 0. The van der Waals surface area contributed by atoms with Crippen molar-refractivity contribution in [2.75, 3.05) is 26.3 Å². The Labute approximate surface area is 311 Å². The number of phosphoric ester groups is 5. The number of rotatable bonds is 20. The minimum absolute atomic E-state index is 0.620. The third-order valence-electron chi connectivity index (χ3n) is 6.94. The van der Waals surface area contributed by atoms with Crippen LogP contribution in [0.5, 0.6) is 0 Å². The molecule has 2 fully saturated rings. The molecule has 39 heteroatoms. The molecule has 2 aliphatic carbocycles. The van der Waals surface area contributed by atoms with Crippen LogP contribution in [0, 0.1) is 0 Å². The normalized spacial score (nSPS) is 32.6. The van der Waals surface area contributed by atoms with E-state index in [1.54, 1.807) is 0 Å². The standard InChI is InChI=1S/C17H38N2O31P6/c20-5-9(11(45-51(25,26)27)7(22)15(49-55(37,38)39)13(5)47-53(31,32)33)43-3-1-18-17(24)19-2-4-44-10-6(21)14(48-54(34,35)36)16(50-56(40,41)42)8(23)12(10)46-52(28,29)30/h5-16,20-23,37-39H,1-4H2,(H11-,18,19,24,25,26,27,28,29,30,31,32,33,34,35,36,40,41,42)/p+1/t5-,6-,7-,8-,9+,10+,11-,12-,13+,14+,15+,16+/m0/s1. The van der Waals surface area contributed by atoms with Crippen LogP contribution in [0.2, 0.25) is 0 Å². The third kappa shape index (κ3) is 17.8. The maximum atomic E-state index is 12.3. The summed E-state index contributed by atoms with van der Waals surface area (Å²) in [4.78, 5) is 132. The predicted octanol–water partition coefficient (Wildman–Crippen LogP) is -7.04. The van der Waals surface area contributed by atoms with Crippen molar-refractivity contribution in [3.8, 4) is 0 Å². The number of urea groups is 1. The first-order chi connectivity index (χ1) is 25.1. The maximum absolute atomic E-state index is 12.3. The van der Waals surface area contributed by atoms with Gasteiger partial charge in [0.1, 0.15) is 67.1 Å². The second kappa shape index (κ2) is 20.1. The molecule has 56 heavy (non-hydrogen) atoms. The van der Waals surface area contributed by atoms with Crippen LogP contribution >= 0.6 is 47.3 Å². The van der Waals surface area contributed by atoms with Gasteiger partial charge in [0.05, 0.1) is 13.2 Å². The molecule has 12 atom stereocenters. The Morgan fingerprint density at radius 1 is 0.446 bits per heavy atom. The molecule has 2 rings (SSSR count). The Hall–Kier alpha value is -0.150. The lowest BCUT2D eigenvalue weighted by Gasteiger charge is -2.46. The van der Waals surface area contributed by atoms with Crippen LogP contribution in [0.4, 0.5) is 4.79 Å². The smallest absolute Gasteiger partial charge is 0.387 e. The van der Waals surface area contributed by atoms with Crippen molar-refractivity contribution in [2.24, 2.45) is 0 Å². The lowest BCUT2D eigenvalue weighted by molar-refractivity contribution is -0.225. The number of nitrogens with one attached hydrogen (secondary N) is 2. The molecule has 33 nitrogen and oxygen atoms in total.